The third-order valence-electron chi connectivity index (χ3n) is 4.87. The van der Waals surface area contributed by atoms with Gasteiger partial charge < -0.3 is 10.1 Å². The zero-order valence-corrected chi connectivity index (χ0v) is 20.2. The van der Waals surface area contributed by atoms with Gasteiger partial charge in [0.25, 0.3) is 17.7 Å². The van der Waals surface area contributed by atoms with Crippen molar-refractivity contribution in [1.29, 1.82) is 0 Å². The molecule has 0 aromatic heterocycles. The van der Waals surface area contributed by atoms with Gasteiger partial charge in [-0.25, -0.2) is 4.90 Å². The van der Waals surface area contributed by atoms with Crippen molar-refractivity contribution in [3.05, 3.63) is 86.8 Å². The number of methoxy groups -OCH3 is 1. The highest BCUT2D eigenvalue weighted by molar-refractivity contribution is 9.10. The van der Waals surface area contributed by atoms with Gasteiger partial charge in [-0.2, -0.15) is 0 Å². The lowest BCUT2D eigenvalue weighted by Gasteiger charge is -2.19. The van der Waals surface area contributed by atoms with Gasteiger partial charge in [0.15, 0.2) is 5.11 Å². The van der Waals surface area contributed by atoms with Crippen LogP contribution in [0, 0.1) is 0 Å². The van der Waals surface area contributed by atoms with Gasteiger partial charge in [0, 0.05) is 16.2 Å². The molecule has 3 amide bonds. The number of nitrogens with one attached hydrogen (secondary N) is 2. The molecule has 0 saturated carbocycles. The van der Waals surface area contributed by atoms with E-state index in [9.17, 15) is 14.4 Å². The second-order valence-electron chi connectivity index (χ2n) is 6.91. The van der Waals surface area contributed by atoms with Gasteiger partial charge in [-0.3, -0.25) is 19.7 Å². The Balaban J connectivity index is 1.52. The van der Waals surface area contributed by atoms with E-state index in [0.29, 0.717) is 27.0 Å². The van der Waals surface area contributed by atoms with E-state index in [1.54, 1.807) is 60.7 Å². The second-order valence-corrected chi connectivity index (χ2v) is 8.64. The largest absolute Gasteiger partial charge is 0.494 e. The summed E-state index contributed by atoms with van der Waals surface area (Å²) in [6.45, 7) is 0. The third-order valence-corrected chi connectivity index (χ3v) is 5.90. The van der Waals surface area contributed by atoms with Crippen LogP contribution in [0.5, 0.6) is 5.75 Å². The molecule has 0 radical (unpaired) electrons. The lowest BCUT2D eigenvalue weighted by atomic mass is 10.1. The highest BCUT2D eigenvalue weighted by Crippen LogP contribution is 2.36. The van der Waals surface area contributed by atoms with E-state index in [2.05, 4.69) is 26.6 Å². The van der Waals surface area contributed by atoms with E-state index in [1.165, 1.54) is 7.11 Å². The number of anilines is 2. The molecule has 0 spiro atoms. The standard InChI is InChI=1S/C23H15BrClN3O4S/c1-32-19-11-13(26-23(33)27-20(29)16-10-12(24)6-8-17(16)25)7-9-18(19)28-21(30)14-4-2-3-5-15(14)22(28)31/h2-11H,1H3,(H2,26,27,29,33). The minimum absolute atomic E-state index is 0.0339. The minimum Gasteiger partial charge on any atom is -0.494 e. The summed E-state index contributed by atoms with van der Waals surface area (Å²) in [5.41, 5.74) is 1.71. The summed E-state index contributed by atoms with van der Waals surface area (Å²) in [5.74, 6) is -1.06. The first-order valence-electron chi connectivity index (χ1n) is 9.53. The molecule has 10 heteroatoms. The molecule has 1 aliphatic heterocycles. The lowest BCUT2D eigenvalue weighted by Crippen LogP contribution is -2.34. The van der Waals surface area contributed by atoms with Crippen molar-refractivity contribution in [2.45, 2.75) is 0 Å². The molecule has 1 aliphatic rings. The Kier molecular flexibility index (Phi) is 6.46. The summed E-state index contributed by atoms with van der Waals surface area (Å²) in [7, 11) is 1.43. The first-order valence-corrected chi connectivity index (χ1v) is 11.1. The van der Waals surface area contributed by atoms with Gasteiger partial charge in [0.2, 0.25) is 0 Å². The number of benzene rings is 3. The van der Waals surface area contributed by atoms with Crippen LogP contribution < -0.4 is 20.3 Å². The van der Waals surface area contributed by atoms with Crippen LogP contribution in [0.15, 0.2) is 65.1 Å². The number of hydrogen-bond donors (Lipinski definition) is 2. The number of carbonyl (C=O) groups excluding carboxylic acids is 3. The molecule has 0 fully saturated rings. The van der Waals surface area contributed by atoms with Gasteiger partial charge >= 0.3 is 0 Å². The van der Waals surface area contributed by atoms with Gasteiger partial charge in [-0.1, -0.05) is 39.7 Å². The monoisotopic (exact) mass is 543 g/mol. The van der Waals surface area contributed by atoms with Gasteiger partial charge in [-0.15, -0.1) is 0 Å². The number of fused-ring (bicyclic) bond motifs is 1. The summed E-state index contributed by atoms with van der Waals surface area (Å²) in [6, 6.07) is 16.3. The smallest absolute Gasteiger partial charge is 0.266 e. The number of imide groups is 1. The number of carbonyl (C=O) groups is 3. The van der Waals surface area contributed by atoms with Gasteiger partial charge in [0.1, 0.15) is 5.75 Å². The van der Waals surface area contributed by atoms with E-state index < -0.39 is 17.7 Å². The van der Waals surface area contributed by atoms with E-state index in [4.69, 9.17) is 28.6 Å². The number of amides is 3. The highest BCUT2D eigenvalue weighted by Gasteiger charge is 2.37. The van der Waals surface area contributed by atoms with E-state index >= 15 is 0 Å². The van der Waals surface area contributed by atoms with Crippen molar-refractivity contribution < 1.29 is 19.1 Å². The maximum absolute atomic E-state index is 12.8. The fourth-order valence-electron chi connectivity index (χ4n) is 3.35. The molecule has 0 atom stereocenters. The normalized spacial score (nSPS) is 12.4. The molecule has 3 aromatic rings. The maximum Gasteiger partial charge on any atom is 0.266 e. The zero-order valence-electron chi connectivity index (χ0n) is 17.0. The van der Waals surface area contributed by atoms with Crippen LogP contribution in [0.2, 0.25) is 5.02 Å². The first kappa shape index (κ1) is 22.9. The average molecular weight is 545 g/mol. The van der Waals surface area contributed by atoms with Crippen molar-refractivity contribution >= 4 is 74.0 Å². The Labute approximate surface area is 207 Å². The molecule has 0 unspecified atom stereocenters. The van der Waals surface area contributed by atoms with Crippen LogP contribution in [-0.4, -0.2) is 29.9 Å². The minimum atomic E-state index is -0.478. The topological polar surface area (TPSA) is 87.7 Å². The van der Waals surface area contributed by atoms with Crippen LogP contribution in [0.25, 0.3) is 0 Å². The van der Waals surface area contributed by atoms with E-state index in [-0.39, 0.29) is 21.4 Å². The Morgan fingerprint density at radius 1 is 1.03 bits per heavy atom. The number of halogens is 2. The van der Waals surface area contributed by atoms with Crippen molar-refractivity contribution in [3.63, 3.8) is 0 Å². The number of rotatable bonds is 4. The Morgan fingerprint density at radius 2 is 1.70 bits per heavy atom. The Hall–Kier alpha value is -3.27. The SMILES string of the molecule is COc1cc(NC(=S)NC(=O)c2cc(Br)ccc2Cl)ccc1N1C(=O)c2ccccc2C1=O. The zero-order chi connectivity index (χ0) is 23.7. The van der Waals surface area contributed by atoms with Crippen LogP contribution in [0.3, 0.4) is 0 Å². The Morgan fingerprint density at radius 3 is 2.33 bits per heavy atom. The fraction of sp³-hybridized carbons (Fsp3) is 0.0435. The highest BCUT2D eigenvalue weighted by atomic mass is 79.9. The van der Waals surface area contributed by atoms with Crippen LogP contribution in [-0.2, 0) is 0 Å². The molecule has 0 saturated heterocycles. The van der Waals surface area contributed by atoms with E-state index in [1.807, 2.05) is 0 Å². The molecule has 3 aromatic carbocycles. The molecule has 33 heavy (non-hydrogen) atoms. The summed E-state index contributed by atoms with van der Waals surface area (Å²) in [6.07, 6.45) is 0. The first-order chi connectivity index (χ1) is 15.8. The van der Waals surface area contributed by atoms with Crippen LogP contribution >= 0.6 is 39.7 Å². The predicted octanol–water partition coefficient (Wildman–Crippen LogP) is 5.04. The van der Waals surface area contributed by atoms with Gasteiger partial charge in [-0.05, 0) is 54.7 Å². The maximum atomic E-state index is 12.8. The predicted molar refractivity (Wildman–Crippen MR) is 133 cm³/mol. The van der Waals surface area contributed by atoms with E-state index in [0.717, 1.165) is 4.90 Å². The molecular formula is C23H15BrClN3O4S. The van der Waals surface area contributed by atoms with Crippen LogP contribution in [0.4, 0.5) is 11.4 Å². The van der Waals surface area contributed by atoms with Crippen molar-refractivity contribution in [2.75, 3.05) is 17.3 Å². The number of nitrogens with zero attached hydrogens (tertiary/aromatic N) is 1. The second kappa shape index (κ2) is 9.30. The average Bonchev–Trinajstić information content (AvgIpc) is 3.05. The summed E-state index contributed by atoms with van der Waals surface area (Å²) >= 11 is 14.6. The number of hydrogen-bond acceptors (Lipinski definition) is 5. The third kappa shape index (κ3) is 4.47. The molecule has 0 aliphatic carbocycles. The Bertz CT molecular complexity index is 1300. The van der Waals surface area contributed by atoms with Crippen molar-refractivity contribution in [2.24, 2.45) is 0 Å². The molecular weight excluding hydrogens is 530 g/mol. The molecule has 1 heterocycles. The fourth-order valence-corrected chi connectivity index (χ4v) is 4.13. The summed E-state index contributed by atoms with van der Waals surface area (Å²) < 4.78 is 6.11. The quantitative estimate of drug-likeness (QED) is 0.354. The molecule has 0 bridgehead atoms. The summed E-state index contributed by atoms with van der Waals surface area (Å²) in [4.78, 5) is 39.2. The van der Waals surface area contributed by atoms with Gasteiger partial charge in [0.05, 0.1) is 34.5 Å². The molecule has 4 rings (SSSR count). The number of ether oxygens (including phenoxy) is 1. The van der Waals surface area contributed by atoms with Crippen LogP contribution in [0.1, 0.15) is 31.1 Å². The van der Waals surface area contributed by atoms with Crippen molar-refractivity contribution in [3.8, 4) is 5.75 Å². The van der Waals surface area contributed by atoms with Crippen molar-refractivity contribution in [1.82, 2.24) is 5.32 Å². The summed E-state index contributed by atoms with van der Waals surface area (Å²) in [5, 5.41) is 5.76. The molecule has 2 N–H and O–H groups in total. The lowest BCUT2D eigenvalue weighted by molar-refractivity contribution is 0.0922. The number of thiocarbonyl (C=S) groups is 1. The molecule has 7 nitrogen and oxygen atoms in total. The molecule has 166 valence electrons.